The van der Waals surface area contributed by atoms with Gasteiger partial charge >= 0.3 is 0 Å². The van der Waals surface area contributed by atoms with Gasteiger partial charge in [-0.1, -0.05) is 12.1 Å². The number of amides is 1. The molecule has 1 aliphatic rings. The number of methoxy groups -OCH3 is 1. The van der Waals surface area contributed by atoms with Gasteiger partial charge in [0.15, 0.2) is 16.6 Å². The zero-order valence-corrected chi connectivity index (χ0v) is 16.7. The Labute approximate surface area is 177 Å². The topological polar surface area (TPSA) is 63.9 Å². The van der Waals surface area contributed by atoms with Gasteiger partial charge in [0, 0.05) is 6.08 Å². The summed E-state index contributed by atoms with van der Waals surface area (Å²) in [5, 5.41) is 3.08. The number of anilines is 1. The number of thiocarbonyl (C=S) groups is 1. The zero-order valence-electron chi connectivity index (χ0n) is 15.9. The summed E-state index contributed by atoms with van der Waals surface area (Å²) in [5.41, 5.74) is 0.739. The SMILES string of the molecule is COc1ccccc1OCc1ccc(/C=C2/NC(=S)N(c3ccc(F)cc3)C2=O)o1. The molecule has 4 rings (SSSR count). The monoisotopic (exact) mass is 424 g/mol. The van der Waals surface area contributed by atoms with Crippen LogP contribution in [-0.2, 0) is 11.4 Å². The van der Waals surface area contributed by atoms with Crippen LogP contribution in [0.3, 0.4) is 0 Å². The summed E-state index contributed by atoms with van der Waals surface area (Å²) in [7, 11) is 1.57. The van der Waals surface area contributed by atoms with Gasteiger partial charge in [-0.15, -0.1) is 0 Å². The second-order valence-electron chi connectivity index (χ2n) is 6.35. The van der Waals surface area contributed by atoms with Crippen LogP contribution in [0, 0.1) is 5.82 Å². The molecule has 6 nitrogen and oxygen atoms in total. The highest BCUT2D eigenvalue weighted by molar-refractivity contribution is 7.80. The number of nitrogens with zero attached hydrogens (tertiary/aromatic N) is 1. The van der Waals surface area contributed by atoms with Crippen LogP contribution in [-0.4, -0.2) is 18.1 Å². The number of para-hydroxylation sites is 2. The standard InChI is InChI=1S/C22H17FN2O4S/c1-27-19-4-2-3-5-20(19)28-13-17-11-10-16(29-17)12-18-21(26)25(22(30)24-18)15-8-6-14(23)7-9-15/h2-12H,13H2,1H3,(H,24,30)/b18-12+. The Morgan fingerprint density at radius 3 is 2.57 bits per heavy atom. The number of hydrogen-bond donors (Lipinski definition) is 1. The van der Waals surface area contributed by atoms with Gasteiger partial charge in [-0.25, -0.2) is 4.39 Å². The molecule has 1 aromatic heterocycles. The van der Waals surface area contributed by atoms with E-state index >= 15 is 0 Å². The minimum atomic E-state index is -0.390. The summed E-state index contributed by atoms with van der Waals surface area (Å²) in [4.78, 5) is 14.0. The second-order valence-corrected chi connectivity index (χ2v) is 6.74. The van der Waals surface area contributed by atoms with Gasteiger partial charge in [0.2, 0.25) is 0 Å². The Kier molecular flexibility index (Phi) is 5.49. The number of nitrogens with one attached hydrogen (secondary N) is 1. The van der Waals surface area contributed by atoms with E-state index in [-0.39, 0.29) is 23.3 Å². The number of hydrogen-bond acceptors (Lipinski definition) is 5. The van der Waals surface area contributed by atoms with E-state index in [4.69, 9.17) is 26.1 Å². The van der Waals surface area contributed by atoms with Crippen molar-refractivity contribution < 1.29 is 23.1 Å². The fourth-order valence-corrected chi connectivity index (χ4v) is 3.24. The molecule has 2 aromatic carbocycles. The molecule has 8 heteroatoms. The molecule has 0 bridgehead atoms. The summed E-state index contributed by atoms with van der Waals surface area (Å²) in [6.07, 6.45) is 1.56. The van der Waals surface area contributed by atoms with Crippen molar-refractivity contribution in [3.63, 3.8) is 0 Å². The third-order valence-corrected chi connectivity index (χ3v) is 4.66. The normalized spacial score (nSPS) is 14.9. The number of carbonyl (C=O) groups excluding carboxylic acids is 1. The highest BCUT2D eigenvalue weighted by atomic mass is 32.1. The third kappa shape index (κ3) is 4.04. The molecule has 0 saturated carbocycles. The van der Waals surface area contributed by atoms with Gasteiger partial charge < -0.3 is 19.2 Å². The molecular formula is C22H17FN2O4S. The quantitative estimate of drug-likeness (QED) is 0.471. The highest BCUT2D eigenvalue weighted by Crippen LogP contribution is 2.27. The number of halogens is 1. The molecule has 1 saturated heterocycles. The van der Waals surface area contributed by atoms with Crippen molar-refractivity contribution in [2.75, 3.05) is 12.0 Å². The first-order chi connectivity index (χ1) is 14.5. The maximum Gasteiger partial charge on any atom is 0.281 e. The van der Waals surface area contributed by atoms with Crippen LogP contribution in [0.15, 0.2) is 70.8 Å². The van der Waals surface area contributed by atoms with E-state index in [0.29, 0.717) is 28.7 Å². The van der Waals surface area contributed by atoms with E-state index in [9.17, 15) is 9.18 Å². The van der Waals surface area contributed by atoms with Crippen LogP contribution in [0.2, 0.25) is 0 Å². The van der Waals surface area contributed by atoms with E-state index in [1.807, 2.05) is 12.1 Å². The van der Waals surface area contributed by atoms with Gasteiger partial charge in [-0.05, 0) is 60.7 Å². The molecule has 152 valence electrons. The summed E-state index contributed by atoms with van der Waals surface area (Å²) >= 11 is 5.25. The van der Waals surface area contributed by atoms with Crippen molar-refractivity contribution in [3.8, 4) is 11.5 Å². The predicted octanol–water partition coefficient (Wildman–Crippen LogP) is 4.27. The average molecular weight is 424 g/mol. The molecule has 1 fully saturated rings. The maximum atomic E-state index is 13.2. The lowest BCUT2D eigenvalue weighted by Crippen LogP contribution is -2.30. The number of furan rings is 1. The first kappa shape index (κ1) is 19.7. The molecule has 3 aromatic rings. The Bertz CT molecular complexity index is 1120. The van der Waals surface area contributed by atoms with Gasteiger partial charge in [0.1, 0.15) is 29.6 Å². The Morgan fingerprint density at radius 2 is 1.83 bits per heavy atom. The van der Waals surface area contributed by atoms with Gasteiger partial charge in [-0.3, -0.25) is 9.69 Å². The molecule has 0 radical (unpaired) electrons. The third-order valence-electron chi connectivity index (χ3n) is 4.37. The number of rotatable bonds is 6. The molecule has 0 unspecified atom stereocenters. The van der Waals surface area contributed by atoms with Gasteiger partial charge in [0.05, 0.1) is 12.8 Å². The molecule has 0 aliphatic carbocycles. The smallest absolute Gasteiger partial charge is 0.281 e. The molecule has 2 heterocycles. The first-order valence-corrected chi connectivity index (χ1v) is 9.43. The van der Waals surface area contributed by atoms with E-state index in [1.54, 1.807) is 37.5 Å². The Hall–Kier alpha value is -3.65. The van der Waals surface area contributed by atoms with E-state index in [2.05, 4.69) is 5.32 Å². The zero-order chi connectivity index (χ0) is 21.1. The molecule has 1 amide bonds. The number of benzene rings is 2. The molecule has 30 heavy (non-hydrogen) atoms. The van der Waals surface area contributed by atoms with E-state index in [1.165, 1.54) is 29.2 Å². The lowest BCUT2D eigenvalue weighted by Gasteiger charge is -2.13. The summed E-state index contributed by atoms with van der Waals surface area (Å²) in [6.45, 7) is 0.199. The lowest BCUT2D eigenvalue weighted by molar-refractivity contribution is -0.113. The first-order valence-electron chi connectivity index (χ1n) is 9.02. The number of ether oxygens (including phenoxy) is 2. The minimum Gasteiger partial charge on any atom is -0.493 e. The van der Waals surface area contributed by atoms with Crippen LogP contribution in [0.5, 0.6) is 11.5 Å². The molecule has 0 atom stereocenters. The fourth-order valence-electron chi connectivity index (χ4n) is 2.94. The van der Waals surface area contributed by atoms with Crippen molar-refractivity contribution in [3.05, 3.63) is 83.7 Å². The second kappa shape index (κ2) is 8.38. The van der Waals surface area contributed by atoms with E-state index < -0.39 is 5.82 Å². The Balaban J connectivity index is 1.46. The van der Waals surface area contributed by atoms with Crippen molar-refractivity contribution >= 4 is 35.0 Å². The van der Waals surface area contributed by atoms with Crippen molar-refractivity contribution in [1.82, 2.24) is 5.32 Å². The molecule has 0 spiro atoms. The van der Waals surface area contributed by atoms with Crippen LogP contribution in [0.4, 0.5) is 10.1 Å². The van der Waals surface area contributed by atoms with E-state index in [0.717, 1.165) is 0 Å². The summed E-state index contributed by atoms with van der Waals surface area (Å²) in [6, 6.07) is 16.3. The van der Waals surface area contributed by atoms with Crippen molar-refractivity contribution in [1.29, 1.82) is 0 Å². The van der Waals surface area contributed by atoms with Gasteiger partial charge in [0.25, 0.3) is 5.91 Å². The summed E-state index contributed by atoms with van der Waals surface area (Å²) in [5.74, 6) is 1.53. The predicted molar refractivity (Wildman–Crippen MR) is 114 cm³/mol. The number of carbonyl (C=O) groups is 1. The lowest BCUT2D eigenvalue weighted by atomic mass is 10.2. The molecule has 1 N–H and O–H groups in total. The molecule has 1 aliphatic heterocycles. The largest absolute Gasteiger partial charge is 0.493 e. The van der Waals surface area contributed by atoms with Crippen LogP contribution in [0.1, 0.15) is 11.5 Å². The molecular weight excluding hydrogens is 407 g/mol. The fraction of sp³-hybridized carbons (Fsp3) is 0.0909. The highest BCUT2D eigenvalue weighted by Gasteiger charge is 2.32. The average Bonchev–Trinajstić information content (AvgIpc) is 3.31. The van der Waals surface area contributed by atoms with Crippen LogP contribution < -0.4 is 19.7 Å². The van der Waals surface area contributed by atoms with Gasteiger partial charge in [-0.2, -0.15) is 0 Å². The van der Waals surface area contributed by atoms with Crippen molar-refractivity contribution in [2.24, 2.45) is 0 Å². The Morgan fingerprint density at radius 1 is 1.10 bits per heavy atom. The minimum absolute atomic E-state index is 0.199. The maximum absolute atomic E-state index is 13.2. The van der Waals surface area contributed by atoms with Crippen LogP contribution >= 0.6 is 12.2 Å². The van der Waals surface area contributed by atoms with Crippen molar-refractivity contribution in [2.45, 2.75) is 6.61 Å². The van der Waals surface area contributed by atoms with Crippen LogP contribution in [0.25, 0.3) is 6.08 Å². The summed E-state index contributed by atoms with van der Waals surface area (Å²) < 4.78 is 29.9.